The van der Waals surface area contributed by atoms with Crippen LogP contribution in [0.2, 0.25) is 0 Å². The molecule has 3 rings (SSSR count). The molecule has 0 spiro atoms. The van der Waals surface area contributed by atoms with Crippen molar-refractivity contribution in [2.75, 3.05) is 13.7 Å². The molecule has 2 aromatic carbocycles. The van der Waals surface area contributed by atoms with Crippen LogP contribution in [0.15, 0.2) is 54.6 Å². The number of hydrogen-bond donors (Lipinski definition) is 0. The second kappa shape index (κ2) is 9.08. The average molecular weight is 392 g/mol. The van der Waals surface area contributed by atoms with Crippen molar-refractivity contribution in [3.05, 3.63) is 71.3 Å². The fourth-order valence-corrected chi connectivity index (χ4v) is 3.85. The zero-order valence-corrected chi connectivity index (χ0v) is 17.5. The quantitative estimate of drug-likeness (QED) is 0.505. The van der Waals surface area contributed by atoms with Gasteiger partial charge in [0.05, 0.1) is 13.7 Å². The van der Waals surface area contributed by atoms with E-state index in [-0.39, 0.29) is 18.3 Å². The molecule has 0 aliphatic heterocycles. The summed E-state index contributed by atoms with van der Waals surface area (Å²) in [5, 5.41) is 0. The molecule has 29 heavy (non-hydrogen) atoms. The second-order valence-corrected chi connectivity index (χ2v) is 7.67. The van der Waals surface area contributed by atoms with E-state index in [0.29, 0.717) is 12.3 Å². The largest absolute Gasteiger partial charge is 0.497 e. The molecule has 0 aromatic heterocycles. The molecule has 0 N–H and O–H groups in total. The number of methoxy groups -OCH3 is 1. The highest BCUT2D eigenvalue weighted by Gasteiger charge is 2.39. The fourth-order valence-electron chi connectivity index (χ4n) is 3.85. The van der Waals surface area contributed by atoms with Gasteiger partial charge in [-0.3, -0.25) is 9.59 Å². The van der Waals surface area contributed by atoms with Gasteiger partial charge in [0.15, 0.2) is 5.78 Å². The van der Waals surface area contributed by atoms with Crippen molar-refractivity contribution >= 4 is 17.3 Å². The molecule has 0 bridgehead atoms. The Bertz CT molecular complexity index is 909. The molecular weight excluding hydrogens is 364 g/mol. The summed E-state index contributed by atoms with van der Waals surface area (Å²) in [4.78, 5) is 25.6. The molecule has 0 radical (unpaired) electrons. The minimum atomic E-state index is -0.811. The van der Waals surface area contributed by atoms with Gasteiger partial charge in [-0.1, -0.05) is 50.2 Å². The Morgan fingerprint density at radius 1 is 1.14 bits per heavy atom. The molecule has 4 nitrogen and oxygen atoms in total. The van der Waals surface area contributed by atoms with Gasteiger partial charge in [0.2, 0.25) is 0 Å². The van der Waals surface area contributed by atoms with E-state index in [2.05, 4.69) is 26.0 Å². The standard InChI is InChI=1S/C25H28O4/c1-5-29-25(27)24-22(18-11-9-17(10-12-18)16(2)3)14-20(15-23(24)26)19-7-6-8-21(13-19)28-4/h6-13,15-16,22,24H,5,14H2,1-4H3/t22-,24-/m1/s1. The molecule has 0 heterocycles. The summed E-state index contributed by atoms with van der Waals surface area (Å²) < 4.78 is 10.6. The lowest BCUT2D eigenvalue weighted by Gasteiger charge is -2.29. The number of ether oxygens (including phenoxy) is 2. The summed E-state index contributed by atoms with van der Waals surface area (Å²) in [6, 6.07) is 15.9. The average Bonchev–Trinajstić information content (AvgIpc) is 2.73. The van der Waals surface area contributed by atoms with Gasteiger partial charge >= 0.3 is 5.97 Å². The molecule has 1 aliphatic rings. The molecule has 0 unspecified atom stereocenters. The second-order valence-electron chi connectivity index (χ2n) is 7.67. The van der Waals surface area contributed by atoms with E-state index in [1.807, 2.05) is 36.4 Å². The van der Waals surface area contributed by atoms with E-state index in [1.165, 1.54) is 5.56 Å². The normalized spacial score (nSPS) is 19.1. The molecule has 0 saturated heterocycles. The maximum absolute atomic E-state index is 13.0. The van der Waals surface area contributed by atoms with Crippen molar-refractivity contribution in [3.63, 3.8) is 0 Å². The number of hydrogen-bond acceptors (Lipinski definition) is 4. The Hall–Kier alpha value is -2.88. The Kier molecular flexibility index (Phi) is 6.53. The van der Waals surface area contributed by atoms with Gasteiger partial charge in [-0.15, -0.1) is 0 Å². The monoisotopic (exact) mass is 392 g/mol. The number of ketones is 1. The fraction of sp³-hybridized carbons (Fsp3) is 0.360. The SMILES string of the molecule is CCOC(=O)[C@H]1C(=O)C=C(c2cccc(OC)c2)C[C@@H]1c1ccc(C(C)C)cc1. The minimum Gasteiger partial charge on any atom is -0.497 e. The summed E-state index contributed by atoms with van der Waals surface area (Å²) in [6.07, 6.45) is 2.18. The van der Waals surface area contributed by atoms with Crippen molar-refractivity contribution in [1.82, 2.24) is 0 Å². The smallest absolute Gasteiger partial charge is 0.317 e. The van der Waals surface area contributed by atoms with E-state index in [1.54, 1.807) is 20.1 Å². The number of carbonyl (C=O) groups excluding carboxylic acids is 2. The zero-order valence-electron chi connectivity index (χ0n) is 17.5. The maximum atomic E-state index is 13.0. The van der Waals surface area contributed by atoms with Gasteiger partial charge in [-0.2, -0.15) is 0 Å². The number of rotatable bonds is 6. The van der Waals surface area contributed by atoms with Gasteiger partial charge in [-0.05, 0) is 59.7 Å². The zero-order chi connectivity index (χ0) is 21.0. The molecule has 2 aromatic rings. The van der Waals surface area contributed by atoms with E-state index in [0.717, 1.165) is 22.4 Å². The third kappa shape index (κ3) is 4.58. The topological polar surface area (TPSA) is 52.6 Å². The first kappa shape index (κ1) is 20.8. The number of carbonyl (C=O) groups is 2. The molecule has 152 valence electrons. The lowest BCUT2D eigenvalue weighted by molar-refractivity contribution is -0.151. The van der Waals surface area contributed by atoms with E-state index < -0.39 is 11.9 Å². The van der Waals surface area contributed by atoms with Crippen LogP contribution in [0.4, 0.5) is 0 Å². The predicted octanol–water partition coefficient (Wildman–Crippen LogP) is 5.14. The van der Waals surface area contributed by atoms with Crippen LogP contribution in [-0.2, 0) is 14.3 Å². The van der Waals surface area contributed by atoms with Crippen molar-refractivity contribution in [1.29, 1.82) is 0 Å². The van der Waals surface area contributed by atoms with Gasteiger partial charge < -0.3 is 9.47 Å². The summed E-state index contributed by atoms with van der Waals surface area (Å²) in [5.41, 5.74) is 4.05. The molecule has 4 heteroatoms. The van der Waals surface area contributed by atoms with Crippen LogP contribution in [0.3, 0.4) is 0 Å². The summed E-state index contributed by atoms with van der Waals surface area (Å²) in [6.45, 7) is 6.30. The highest BCUT2D eigenvalue weighted by atomic mass is 16.5. The molecule has 0 fully saturated rings. The Balaban J connectivity index is 2.01. The van der Waals surface area contributed by atoms with Crippen LogP contribution in [0.1, 0.15) is 55.7 Å². The lowest BCUT2D eigenvalue weighted by atomic mass is 9.73. The first-order chi connectivity index (χ1) is 13.9. The van der Waals surface area contributed by atoms with Crippen molar-refractivity contribution < 1.29 is 19.1 Å². The molecule has 0 saturated carbocycles. The van der Waals surface area contributed by atoms with Crippen molar-refractivity contribution in [2.24, 2.45) is 5.92 Å². The Morgan fingerprint density at radius 3 is 2.48 bits per heavy atom. The van der Waals surface area contributed by atoms with E-state index in [4.69, 9.17) is 9.47 Å². The van der Waals surface area contributed by atoms with Crippen LogP contribution >= 0.6 is 0 Å². The predicted molar refractivity (Wildman–Crippen MR) is 114 cm³/mol. The van der Waals surface area contributed by atoms with Gasteiger partial charge in [0, 0.05) is 5.92 Å². The van der Waals surface area contributed by atoms with Gasteiger partial charge in [-0.25, -0.2) is 0 Å². The number of esters is 1. The summed E-state index contributed by atoms with van der Waals surface area (Å²) in [5.74, 6) is -0.559. The first-order valence-corrected chi connectivity index (χ1v) is 10.1. The molecular formula is C25H28O4. The first-order valence-electron chi connectivity index (χ1n) is 10.1. The van der Waals surface area contributed by atoms with E-state index in [9.17, 15) is 9.59 Å². The van der Waals surface area contributed by atoms with E-state index >= 15 is 0 Å². The molecule has 0 amide bonds. The summed E-state index contributed by atoms with van der Waals surface area (Å²) >= 11 is 0. The molecule has 2 atom stereocenters. The van der Waals surface area contributed by atoms with Crippen LogP contribution in [0.25, 0.3) is 5.57 Å². The van der Waals surface area contributed by atoms with Gasteiger partial charge in [0.25, 0.3) is 0 Å². The van der Waals surface area contributed by atoms with Crippen LogP contribution in [-0.4, -0.2) is 25.5 Å². The van der Waals surface area contributed by atoms with Gasteiger partial charge in [0.1, 0.15) is 11.7 Å². The third-order valence-electron chi connectivity index (χ3n) is 5.48. The lowest BCUT2D eigenvalue weighted by Crippen LogP contribution is -2.34. The van der Waals surface area contributed by atoms with Crippen molar-refractivity contribution in [3.8, 4) is 5.75 Å². The van der Waals surface area contributed by atoms with Crippen LogP contribution in [0, 0.1) is 5.92 Å². The maximum Gasteiger partial charge on any atom is 0.317 e. The third-order valence-corrected chi connectivity index (χ3v) is 5.48. The van der Waals surface area contributed by atoms with Crippen molar-refractivity contribution in [2.45, 2.75) is 39.0 Å². The number of allylic oxidation sites excluding steroid dienone is 2. The minimum absolute atomic E-state index is 0.203. The van der Waals surface area contributed by atoms with Crippen LogP contribution in [0.5, 0.6) is 5.75 Å². The Morgan fingerprint density at radius 2 is 1.86 bits per heavy atom. The highest BCUT2D eigenvalue weighted by Crippen LogP contribution is 2.41. The number of benzene rings is 2. The highest BCUT2D eigenvalue weighted by molar-refractivity contribution is 6.10. The summed E-state index contributed by atoms with van der Waals surface area (Å²) in [7, 11) is 1.62. The molecule has 1 aliphatic carbocycles. The Labute approximate surface area is 172 Å². The van der Waals surface area contributed by atoms with Crippen LogP contribution < -0.4 is 4.74 Å².